The van der Waals surface area contributed by atoms with Crippen LogP contribution >= 0.6 is 0 Å². The SMILES string of the molecule is CCCCOc1ccc(C2CC(c3ccc(OC)cc3)OC(c3ccc(OC)cc3)C2)cc1. The van der Waals surface area contributed by atoms with Gasteiger partial charge < -0.3 is 18.9 Å². The first-order valence-corrected chi connectivity index (χ1v) is 11.9. The normalized spacial score (nSPS) is 20.3. The molecule has 0 aliphatic carbocycles. The molecule has 4 nitrogen and oxygen atoms in total. The molecule has 4 heteroatoms. The van der Waals surface area contributed by atoms with Crippen LogP contribution in [0.25, 0.3) is 0 Å². The second kappa shape index (κ2) is 11.2. The summed E-state index contributed by atoms with van der Waals surface area (Å²) in [5.41, 5.74) is 3.69. The zero-order chi connectivity index (χ0) is 23.0. The third-order valence-electron chi connectivity index (χ3n) is 6.42. The summed E-state index contributed by atoms with van der Waals surface area (Å²) < 4.78 is 23.2. The van der Waals surface area contributed by atoms with Gasteiger partial charge in [0.05, 0.1) is 33.0 Å². The van der Waals surface area contributed by atoms with Gasteiger partial charge in [0.25, 0.3) is 0 Å². The quantitative estimate of drug-likeness (QED) is 0.324. The van der Waals surface area contributed by atoms with E-state index in [1.54, 1.807) is 14.2 Å². The Kier molecular flexibility index (Phi) is 7.90. The van der Waals surface area contributed by atoms with E-state index in [1.165, 1.54) is 16.7 Å². The number of unbranched alkanes of at least 4 members (excludes halogenated alkanes) is 1. The Bertz CT molecular complexity index is 924. The molecule has 0 saturated carbocycles. The van der Waals surface area contributed by atoms with E-state index < -0.39 is 0 Å². The molecular formula is C29H34O4. The Hall–Kier alpha value is -2.98. The van der Waals surface area contributed by atoms with Gasteiger partial charge in [-0.1, -0.05) is 49.7 Å². The number of ether oxygens (including phenoxy) is 4. The van der Waals surface area contributed by atoms with Gasteiger partial charge in [-0.05, 0) is 78.3 Å². The molecule has 1 heterocycles. The molecule has 2 atom stereocenters. The Balaban J connectivity index is 1.56. The third-order valence-corrected chi connectivity index (χ3v) is 6.42. The molecule has 174 valence electrons. The molecule has 33 heavy (non-hydrogen) atoms. The van der Waals surface area contributed by atoms with Crippen LogP contribution in [-0.4, -0.2) is 20.8 Å². The topological polar surface area (TPSA) is 36.9 Å². The molecule has 0 radical (unpaired) electrons. The second-order valence-corrected chi connectivity index (χ2v) is 8.60. The molecule has 1 aliphatic rings. The number of methoxy groups -OCH3 is 2. The molecule has 1 saturated heterocycles. The lowest BCUT2D eigenvalue weighted by molar-refractivity contribution is -0.0620. The van der Waals surface area contributed by atoms with Gasteiger partial charge in [0.15, 0.2) is 0 Å². The highest BCUT2D eigenvalue weighted by atomic mass is 16.5. The first-order valence-electron chi connectivity index (χ1n) is 11.9. The van der Waals surface area contributed by atoms with E-state index in [-0.39, 0.29) is 12.2 Å². The lowest BCUT2D eigenvalue weighted by atomic mass is 9.82. The summed E-state index contributed by atoms with van der Waals surface area (Å²) in [6.45, 7) is 2.95. The van der Waals surface area contributed by atoms with Crippen molar-refractivity contribution in [3.63, 3.8) is 0 Å². The number of benzene rings is 3. The Labute approximate surface area is 197 Å². The molecule has 4 rings (SSSR count). The van der Waals surface area contributed by atoms with Gasteiger partial charge in [-0.25, -0.2) is 0 Å². The van der Waals surface area contributed by atoms with Crippen LogP contribution in [0.4, 0.5) is 0 Å². The average molecular weight is 447 g/mol. The molecule has 2 unspecified atom stereocenters. The minimum atomic E-state index is 0.0160. The van der Waals surface area contributed by atoms with Gasteiger partial charge in [-0.3, -0.25) is 0 Å². The average Bonchev–Trinajstić information content (AvgIpc) is 2.89. The van der Waals surface area contributed by atoms with Crippen molar-refractivity contribution < 1.29 is 18.9 Å². The first kappa shape index (κ1) is 23.2. The Morgan fingerprint density at radius 2 is 1.12 bits per heavy atom. The molecule has 1 aliphatic heterocycles. The smallest absolute Gasteiger partial charge is 0.119 e. The minimum absolute atomic E-state index is 0.0160. The van der Waals surface area contributed by atoms with Crippen LogP contribution in [0, 0.1) is 0 Å². The van der Waals surface area contributed by atoms with Crippen LogP contribution in [0.5, 0.6) is 17.2 Å². The van der Waals surface area contributed by atoms with Crippen LogP contribution in [0.2, 0.25) is 0 Å². The van der Waals surface area contributed by atoms with E-state index in [0.717, 1.165) is 49.5 Å². The van der Waals surface area contributed by atoms with Gasteiger partial charge in [-0.15, -0.1) is 0 Å². The van der Waals surface area contributed by atoms with Crippen LogP contribution in [0.3, 0.4) is 0 Å². The van der Waals surface area contributed by atoms with Crippen molar-refractivity contribution >= 4 is 0 Å². The molecule has 3 aromatic carbocycles. The molecule has 0 bridgehead atoms. The maximum Gasteiger partial charge on any atom is 0.119 e. The van der Waals surface area contributed by atoms with Crippen molar-refractivity contribution in [1.82, 2.24) is 0 Å². The maximum atomic E-state index is 6.64. The highest BCUT2D eigenvalue weighted by molar-refractivity contribution is 5.34. The van der Waals surface area contributed by atoms with Crippen molar-refractivity contribution in [1.29, 1.82) is 0 Å². The zero-order valence-corrected chi connectivity index (χ0v) is 19.8. The summed E-state index contributed by atoms with van der Waals surface area (Å²) in [6, 6.07) is 25.1. The van der Waals surface area contributed by atoms with Gasteiger partial charge >= 0.3 is 0 Å². The third kappa shape index (κ3) is 5.88. The zero-order valence-electron chi connectivity index (χ0n) is 19.8. The fourth-order valence-corrected chi connectivity index (χ4v) is 4.43. The largest absolute Gasteiger partial charge is 0.497 e. The molecular weight excluding hydrogens is 412 g/mol. The van der Waals surface area contributed by atoms with Crippen molar-refractivity contribution in [2.45, 2.75) is 50.7 Å². The van der Waals surface area contributed by atoms with Crippen LogP contribution in [-0.2, 0) is 4.74 Å². The van der Waals surface area contributed by atoms with E-state index in [0.29, 0.717) is 5.92 Å². The van der Waals surface area contributed by atoms with Crippen LogP contribution in [0.1, 0.15) is 67.4 Å². The summed E-state index contributed by atoms with van der Waals surface area (Å²) in [4.78, 5) is 0. The van der Waals surface area contributed by atoms with Gasteiger partial charge in [0, 0.05) is 0 Å². The van der Waals surface area contributed by atoms with Crippen molar-refractivity contribution in [2.24, 2.45) is 0 Å². The molecule has 1 fully saturated rings. The first-order chi connectivity index (χ1) is 16.2. The van der Waals surface area contributed by atoms with Crippen molar-refractivity contribution in [2.75, 3.05) is 20.8 Å². The summed E-state index contributed by atoms with van der Waals surface area (Å²) in [7, 11) is 3.38. The number of hydrogen-bond acceptors (Lipinski definition) is 4. The maximum absolute atomic E-state index is 6.64. The molecule has 0 N–H and O–H groups in total. The monoisotopic (exact) mass is 446 g/mol. The predicted molar refractivity (Wildman–Crippen MR) is 131 cm³/mol. The van der Waals surface area contributed by atoms with Gasteiger partial charge in [-0.2, -0.15) is 0 Å². The van der Waals surface area contributed by atoms with Gasteiger partial charge in [0.2, 0.25) is 0 Å². The number of hydrogen-bond donors (Lipinski definition) is 0. The molecule has 0 amide bonds. The van der Waals surface area contributed by atoms with Crippen LogP contribution < -0.4 is 14.2 Å². The highest BCUT2D eigenvalue weighted by Gasteiger charge is 2.32. The summed E-state index contributed by atoms with van der Waals surface area (Å²) in [5, 5.41) is 0. The number of rotatable bonds is 9. The van der Waals surface area contributed by atoms with E-state index in [1.807, 2.05) is 24.3 Å². The van der Waals surface area contributed by atoms with E-state index in [4.69, 9.17) is 18.9 Å². The second-order valence-electron chi connectivity index (χ2n) is 8.60. The summed E-state index contributed by atoms with van der Waals surface area (Å²) >= 11 is 0. The van der Waals surface area contributed by atoms with Crippen LogP contribution in [0.15, 0.2) is 72.8 Å². The highest BCUT2D eigenvalue weighted by Crippen LogP contribution is 2.46. The van der Waals surface area contributed by atoms with Crippen molar-refractivity contribution in [3.8, 4) is 17.2 Å². The lowest BCUT2D eigenvalue weighted by Crippen LogP contribution is -2.22. The fraction of sp³-hybridized carbons (Fsp3) is 0.379. The molecule has 0 aromatic heterocycles. The van der Waals surface area contributed by atoms with E-state index in [2.05, 4.69) is 55.5 Å². The fourth-order valence-electron chi connectivity index (χ4n) is 4.43. The Morgan fingerprint density at radius 1 is 0.667 bits per heavy atom. The summed E-state index contributed by atoms with van der Waals surface area (Å²) in [5.74, 6) is 3.05. The molecule has 3 aromatic rings. The lowest BCUT2D eigenvalue weighted by Gasteiger charge is -2.36. The Morgan fingerprint density at radius 3 is 1.58 bits per heavy atom. The van der Waals surface area contributed by atoms with Crippen molar-refractivity contribution in [3.05, 3.63) is 89.5 Å². The standard InChI is InChI=1S/C29H34O4/c1-4-5-18-32-27-16-6-21(7-17-27)24-19-28(22-8-12-25(30-2)13-9-22)33-29(20-24)23-10-14-26(31-3)15-11-23/h6-17,24,28-29H,4-5,18-20H2,1-3H3. The molecule has 0 spiro atoms. The van der Waals surface area contributed by atoms with E-state index >= 15 is 0 Å². The van der Waals surface area contributed by atoms with Gasteiger partial charge in [0.1, 0.15) is 17.2 Å². The van der Waals surface area contributed by atoms with E-state index in [9.17, 15) is 0 Å². The minimum Gasteiger partial charge on any atom is -0.497 e. The summed E-state index contributed by atoms with van der Waals surface area (Å²) in [6.07, 6.45) is 4.13. The predicted octanol–water partition coefficient (Wildman–Crippen LogP) is 7.26.